The van der Waals surface area contributed by atoms with Crippen molar-refractivity contribution in [3.63, 3.8) is 0 Å². The monoisotopic (exact) mass is 443 g/mol. The summed E-state index contributed by atoms with van der Waals surface area (Å²) in [7, 11) is 3.03. The van der Waals surface area contributed by atoms with E-state index in [1.165, 1.54) is 20.4 Å². The summed E-state index contributed by atoms with van der Waals surface area (Å²) in [5.74, 6) is 1.20. The molecular formula is C22H22ClN3O5. The lowest BCUT2D eigenvalue weighted by Crippen LogP contribution is -2.28. The highest BCUT2D eigenvalue weighted by atomic mass is 35.5. The van der Waals surface area contributed by atoms with E-state index in [0.29, 0.717) is 57.5 Å². The fraction of sp³-hybridized carbons (Fsp3) is 0.318. The van der Waals surface area contributed by atoms with Gasteiger partial charge in [-0.2, -0.15) is 4.73 Å². The Labute approximate surface area is 184 Å². The molecule has 1 saturated heterocycles. The van der Waals surface area contributed by atoms with Crippen molar-refractivity contribution in [1.82, 2.24) is 10.3 Å². The first-order valence-corrected chi connectivity index (χ1v) is 10.2. The van der Waals surface area contributed by atoms with Gasteiger partial charge < -0.3 is 24.7 Å². The number of methoxy groups -OCH3 is 2. The predicted molar refractivity (Wildman–Crippen MR) is 115 cm³/mol. The molecule has 1 fully saturated rings. The largest absolute Gasteiger partial charge is 0.618 e. The molecular weight excluding hydrogens is 422 g/mol. The Bertz CT molecular complexity index is 1150. The first-order valence-electron chi connectivity index (χ1n) is 9.79. The number of carbonyl (C=O) groups excluding carboxylic acids is 1. The zero-order chi connectivity index (χ0) is 22.1. The summed E-state index contributed by atoms with van der Waals surface area (Å²) in [4.78, 5) is 16.3. The van der Waals surface area contributed by atoms with Crippen molar-refractivity contribution in [3.8, 4) is 28.6 Å². The summed E-state index contributed by atoms with van der Waals surface area (Å²) in [6.45, 7) is 2.44. The van der Waals surface area contributed by atoms with Gasteiger partial charge in [0.05, 0.1) is 24.9 Å². The molecule has 0 unspecified atom stereocenters. The van der Waals surface area contributed by atoms with E-state index in [1.807, 2.05) is 6.92 Å². The Morgan fingerprint density at radius 1 is 1.29 bits per heavy atom. The second-order valence-electron chi connectivity index (χ2n) is 7.36. The van der Waals surface area contributed by atoms with E-state index in [9.17, 15) is 10.0 Å². The van der Waals surface area contributed by atoms with Gasteiger partial charge in [-0.15, -0.1) is 0 Å². The smallest absolute Gasteiger partial charge is 0.231 e. The van der Waals surface area contributed by atoms with Gasteiger partial charge in [0.25, 0.3) is 0 Å². The molecule has 9 heteroatoms. The van der Waals surface area contributed by atoms with Crippen LogP contribution >= 0.6 is 11.6 Å². The number of carbonyl (C=O) groups is 1. The van der Waals surface area contributed by atoms with Crippen molar-refractivity contribution in [2.75, 3.05) is 20.8 Å². The normalized spacial score (nSPS) is 16.8. The lowest BCUT2D eigenvalue weighted by atomic mass is 10.0. The molecule has 2 atom stereocenters. The Kier molecular flexibility index (Phi) is 5.73. The summed E-state index contributed by atoms with van der Waals surface area (Å²) in [6.07, 6.45) is 1.53. The van der Waals surface area contributed by atoms with Gasteiger partial charge in [0.1, 0.15) is 11.5 Å². The fourth-order valence-corrected chi connectivity index (χ4v) is 3.98. The molecule has 0 radical (unpaired) electrons. The van der Waals surface area contributed by atoms with Gasteiger partial charge in [0.2, 0.25) is 17.3 Å². The van der Waals surface area contributed by atoms with Gasteiger partial charge in [-0.25, -0.2) is 4.98 Å². The average Bonchev–Trinajstić information content (AvgIpc) is 3.20. The summed E-state index contributed by atoms with van der Waals surface area (Å²) in [5.41, 5.74) is 1.54. The van der Waals surface area contributed by atoms with Crippen LogP contribution in [-0.2, 0) is 4.79 Å². The molecule has 2 aromatic heterocycles. The van der Waals surface area contributed by atoms with Crippen LogP contribution in [0.1, 0.15) is 13.3 Å². The number of hydrogen-bond donors (Lipinski definition) is 1. The van der Waals surface area contributed by atoms with Crippen molar-refractivity contribution in [1.29, 1.82) is 0 Å². The lowest BCUT2D eigenvalue weighted by molar-refractivity contribution is -0.577. The fourth-order valence-electron chi connectivity index (χ4n) is 3.69. The van der Waals surface area contributed by atoms with Gasteiger partial charge in [-0.3, -0.25) is 4.79 Å². The molecule has 0 spiro atoms. The standard InChI is InChI=1S/C22H22ClN3O5/c1-12(14-9-20(27)24-11-14)31-22-15-5-4-6-26(28)18(15)10-17(25-22)13-7-16(23)21(30-3)19(8-13)29-2/h4-8,10,12,14H,9,11H2,1-3H3,(H,24,27)/t12-,14-/m1/s1. The van der Waals surface area contributed by atoms with Crippen LogP contribution in [0.2, 0.25) is 5.02 Å². The number of halogens is 1. The number of nitrogens with one attached hydrogen (secondary N) is 1. The van der Waals surface area contributed by atoms with Crippen LogP contribution in [0.5, 0.6) is 17.4 Å². The molecule has 0 aliphatic carbocycles. The molecule has 0 bridgehead atoms. The van der Waals surface area contributed by atoms with E-state index in [1.54, 1.807) is 30.3 Å². The molecule has 31 heavy (non-hydrogen) atoms. The molecule has 1 aliphatic rings. The number of pyridine rings is 2. The van der Waals surface area contributed by atoms with E-state index >= 15 is 0 Å². The Morgan fingerprint density at radius 3 is 2.77 bits per heavy atom. The highest BCUT2D eigenvalue weighted by molar-refractivity contribution is 6.32. The molecule has 162 valence electrons. The first kappa shape index (κ1) is 21.0. The second-order valence-corrected chi connectivity index (χ2v) is 7.77. The van der Waals surface area contributed by atoms with E-state index in [-0.39, 0.29) is 17.9 Å². The van der Waals surface area contributed by atoms with Crippen molar-refractivity contribution < 1.29 is 23.7 Å². The van der Waals surface area contributed by atoms with Crippen LogP contribution in [0.25, 0.3) is 22.2 Å². The maximum atomic E-state index is 12.5. The zero-order valence-corrected chi connectivity index (χ0v) is 18.1. The second kappa shape index (κ2) is 8.47. The molecule has 3 heterocycles. The van der Waals surface area contributed by atoms with E-state index in [0.717, 1.165) is 4.73 Å². The van der Waals surface area contributed by atoms with Crippen molar-refractivity contribution in [3.05, 3.63) is 46.8 Å². The Balaban J connectivity index is 1.81. The number of amides is 1. The number of hydrogen-bond acceptors (Lipinski definition) is 6. The average molecular weight is 444 g/mol. The molecule has 3 aromatic rings. The number of rotatable bonds is 6. The maximum Gasteiger partial charge on any atom is 0.231 e. The van der Waals surface area contributed by atoms with Crippen LogP contribution < -0.4 is 24.3 Å². The number of ether oxygens (including phenoxy) is 3. The van der Waals surface area contributed by atoms with Crippen LogP contribution in [0.15, 0.2) is 36.5 Å². The SMILES string of the molecule is COc1cc(-c2cc3c(ccc[n+]3[O-])c(O[C@H](C)[C@H]3CNC(=O)C3)n2)cc(Cl)c1OC. The Hall–Kier alpha value is -3.26. The Morgan fingerprint density at radius 2 is 2.10 bits per heavy atom. The van der Waals surface area contributed by atoms with Crippen molar-refractivity contribution in [2.24, 2.45) is 5.92 Å². The van der Waals surface area contributed by atoms with Crippen molar-refractivity contribution >= 4 is 28.4 Å². The lowest BCUT2D eigenvalue weighted by Gasteiger charge is -2.20. The highest BCUT2D eigenvalue weighted by Gasteiger charge is 2.29. The van der Waals surface area contributed by atoms with E-state index < -0.39 is 0 Å². The maximum absolute atomic E-state index is 12.5. The molecule has 1 aromatic carbocycles. The minimum Gasteiger partial charge on any atom is -0.618 e. The molecule has 0 saturated carbocycles. The molecule has 4 rings (SSSR count). The zero-order valence-electron chi connectivity index (χ0n) is 17.3. The van der Waals surface area contributed by atoms with Crippen LogP contribution in [0, 0.1) is 11.1 Å². The van der Waals surface area contributed by atoms with Gasteiger partial charge in [-0.05, 0) is 25.1 Å². The van der Waals surface area contributed by atoms with Crippen LogP contribution in [-0.4, -0.2) is 37.8 Å². The number of aromatic nitrogens is 2. The number of nitrogens with zero attached hydrogens (tertiary/aromatic N) is 2. The summed E-state index contributed by atoms with van der Waals surface area (Å²) >= 11 is 6.37. The predicted octanol–water partition coefficient (Wildman–Crippen LogP) is 3.11. The van der Waals surface area contributed by atoms with Gasteiger partial charge in [0.15, 0.2) is 17.7 Å². The third-order valence-corrected chi connectivity index (χ3v) is 5.70. The minimum absolute atomic E-state index is 0.00406. The van der Waals surface area contributed by atoms with Gasteiger partial charge in [0, 0.05) is 36.6 Å². The third-order valence-electron chi connectivity index (χ3n) is 5.42. The van der Waals surface area contributed by atoms with Gasteiger partial charge in [-0.1, -0.05) is 11.6 Å². The number of benzene rings is 1. The molecule has 1 aliphatic heterocycles. The molecule has 1 amide bonds. The van der Waals surface area contributed by atoms with Crippen LogP contribution in [0.3, 0.4) is 0 Å². The van der Waals surface area contributed by atoms with Gasteiger partial charge >= 0.3 is 0 Å². The highest BCUT2D eigenvalue weighted by Crippen LogP contribution is 2.40. The van der Waals surface area contributed by atoms with Crippen molar-refractivity contribution in [2.45, 2.75) is 19.4 Å². The minimum atomic E-state index is -0.279. The quantitative estimate of drug-likeness (QED) is 0.464. The van der Waals surface area contributed by atoms with E-state index in [4.69, 9.17) is 25.8 Å². The first-order chi connectivity index (χ1) is 14.9. The number of fused-ring (bicyclic) bond motifs is 1. The topological polar surface area (TPSA) is 96.6 Å². The molecule has 1 N–H and O–H groups in total. The van der Waals surface area contributed by atoms with Crippen LogP contribution in [0.4, 0.5) is 0 Å². The third kappa shape index (κ3) is 4.03. The summed E-state index contributed by atoms with van der Waals surface area (Å²) in [5, 5.41) is 16.2. The molecule has 8 nitrogen and oxygen atoms in total. The van der Waals surface area contributed by atoms with E-state index in [2.05, 4.69) is 10.3 Å². The summed E-state index contributed by atoms with van der Waals surface area (Å²) < 4.78 is 17.6. The summed E-state index contributed by atoms with van der Waals surface area (Å²) in [6, 6.07) is 8.54.